The first-order valence-electron chi connectivity index (χ1n) is 20.7. The van der Waals surface area contributed by atoms with Crippen molar-refractivity contribution in [2.75, 3.05) is 0 Å². The van der Waals surface area contributed by atoms with Gasteiger partial charge in [0.2, 0.25) is 0 Å². The second kappa shape index (κ2) is 14.4. The van der Waals surface area contributed by atoms with Crippen LogP contribution in [-0.2, 0) is 5.41 Å². The molecule has 5 aliphatic rings. The Labute approximate surface area is 359 Å². The fourth-order valence-electron chi connectivity index (χ4n) is 9.83. The van der Waals surface area contributed by atoms with Gasteiger partial charge in [-0.1, -0.05) is 156 Å². The lowest BCUT2D eigenvalue weighted by molar-refractivity contribution is 0.664. The summed E-state index contributed by atoms with van der Waals surface area (Å²) in [5.74, 6) is 0. The lowest BCUT2D eigenvalue weighted by Crippen LogP contribution is -2.32. The SMILES string of the molecule is C1=CC(C2=CC(c3cccc4c3-c3c(C5=CC(c6ccccc6)=NC(c6ccccc6)N5)cccc3C43c4ccccc4Sc4ccccc43)=CC(c3ccccn3)N2)=[N+]=C1. The van der Waals surface area contributed by atoms with Crippen LogP contribution < -0.4 is 15.3 Å². The van der Waals surface area contributed by atoms with Crippen LogP contribution in [0.4, 0.5) is 0 Å². The summed E-state index contributed by atoms with van der Waals surface area (Å²) in [6, 6.07) is 58.9. The second-order valence-electron chi connectivity index (χ2n) is 15.8. The number of aromatic nitrogens is 1. The summed E-state index contributed by atoms with van der Waals surface area (Å²) < 4.78 is 4.75. The summed E-state index contributed by atoms with van der Waals surface area (Å²) in [4.78, 5) is 12.7. The third-order valence-corrected chi connectivity index (χ3v) is 13.6. The molecule has 6 heteroatoms. The van der Waals surface area contributed by atoms with E-state index in [0.717, 1.165) is 56.3 Å². The summed E-state index contributed by atoms with van der Waals surface area (Å²) in [6.45, 7) is 0. The number of dihydropyridines is 1. The Morgan fingerprint density at radius 3 is 1.93 bits per heavy atom. The van der Waals surface area contributed by atoms with Crippen molar-refractivity contribution in [3.63, 3.8) is 0 Å². The van der Waals surface area contributed by atoms with Crippen LogP contribution in [0.15, 0.2) is 221 Å². The molecule has 6 aromatic carbocycles. The molecule has 0 amide bonds. The molecule has 0 saturated heterocycles. The van der Waals surface area contributed by atoms with Crippen LogP contribution in [0, 0.1) is 0 Å². The second-order valence-corrected chi connectivity index (χ2v) is 16.9. The lowest BCUT2D eigenvalue weighted by Gasteiger charge is -2.39. The molecule has 1 aliphatic carbocycles. The summed E-state index contributed by atoms with van der Waals surface area (Å²) in [6.07, 6.45) is 14.4. The van der Waals surface area contributed by atoms with E-state index in [1.807, 2.05) is 36.3 Å². The Morgan fingerprint density at radius 2 is 1.23 bits per heavy atom. The minimum atomic E-state index is -0.576. The molecule has 0 fully saturated rings. The molecule has 0 saturated carbocycles. The summed E-state index contributed by atoms with van der Waals surface area (Å²) >= 11 is 1.87. The zero-order valence-electron chi connectivity index (χ0n) is 33.0. The predicted molar refractivity (Wildman–Crippen MR) is 250 cm³/mol. The largest absolute Gasteiger partial charge is 0.367 e. The maximum Gasteiger partial charge on any atom is 0.350 e. The van der Waals surface area contributed by atoms with Crippen LogP contribution >= 0.6 is 11.8 Å². The fourth-order valence-corrected chi connectivity index (χ4v) is 11.0. The first kappa shape index (κ1) is 35.4. The smallest absolute Gasteiger partial charge is 0.350 e. The highest BCUT2D eigenvalue weighted by Crippen LogP contribution is 2.64. The maximum atomic E-state index is 5.33. The number of fused-ring (bicyclic) bond motifs is 9. The van der Waals surface area contributed by atoms with Crippen molar-refractivity contribution in [3.05, 3.63) is 256 Å². The molecule has 5 nitrogen and oxygen atoms in total. The number of benzene rings is 6. The summed E-state index contributed by atoms with van der Waals surface area (Å²) in [5, 5.41) is 7.72. The number of pyridine rings is 1. The van der Waals surface area contributed by atoms with Gasteiger partial charge in [-0.05, 0) is 98.1 Å². The highest BCUT2D eigenvalue weighted by Gasteiger charge is 2.52. The highest BCUT2D eigenvalue weighted by molar-refractivity contribution is 7.99. The minimum absolute atomic E-state index is 0.166. The van der Waals surface area contributed by atoms with Crippen LogP contribution in [0.5, 0.6) is 0 Å². The Morgan fingerprint density at radius 1 is 0.574 bits per heavy atom. The van der Waals surface area contributed by atoms with Gasteiger partial charge in [-0.15, -0.1) is 0 Å². The topological polar surface area (TPSA) is 63.4 Å². The Bertz CT molecular complexity index is 3110. The van der Waals surface area contributed by atoms with Gasteiger partial charge in [0.05, 0.1) is 22.9 Å². The average Bonchev–Trinajstić information content (AvgIpc) is 3.99. The number of nitrogens with zero attached hydrogens (tertiary/aromatic N) is 3. The van der Waals surface area contributed by atoms with Crippen molar-refractivity contribution in [2.45, 2.75) is 27.4 Å². The monoisotopic (exact) mass is 800 g/mol. The lowest BCUT2D eigenvalue weighted by atomic mass is 9.67. The third-order valence-electron chi connectivity index (χ3n) is 12.4. The molecule has 288 valence electrons. The van der Waals surface area contributed by atoms with E-state index in [2.05, 4.69) is 193 Å². The van der Waals surface area contributed by atoms with E-state index in [9.17, 15) is 0 Å². The molecule has 1 aromatic heterocycles. The number of aliphatic imine (C=N–C) groups is 1. The van der Waals surface area contributed by atoms with Gasteiger partial charge in [-0.3, -0.25) is 9.98 Å². The van der Waals surface area contributed by atoms with Crippen molar-refractivity contribution < 1.29 is 0 Å². The Kier molecular flexibility index (Phi) is 8.34. The van der Waals surface area contributed by atoms with Crippen molar-refractivity contribution in [3.8, 4) is 11.1 Å². The van der Waals surface area contributed by atoms with Gasteiger partial charge >= 0.3 is 5.71 Å². The summed E-state index contributed by atoms with van der Waals surface area (Å²) in [5.41, 5.74) is 17.4. The number of hydrogen-bond donors (Lipinski definition) is 2. The van der Waals surface area contributed by atoms with Crippen LogP contribution in [0.2, 0.25) is 0 Å². The van der Waals surface area contributed by atoms with E-state index in [-0.39, 0.29) is 12.2 Å². The van der Waals surface area contributed by atoms with Gasteiger partial charge in [0.15, 0.2) is 0 Å². The molecule has 61 heavy (non-hydrogen) atoms. The van der Waals surface area contributed by atoms with E-state index in [1.54, 1.807) is 0 Å². The van der Waals surface area contributed by atoms with Crippen molar-refractivity contribution in [1.29, 1.82) is 0 Å². The van der Waals surface area contributed by atoms with Gasteiger partial charge < -0.3 is 10.6 Å². The number of hydrogen-bond acceptors (Lipinski definition) is 5. The van der Waals surface area contributed by atoms with Crippen LogP contribution in [0.3, 0.4) is 0 Å². The molecule has 2 N–H and O–H groups in total. The molecule has 1 spiro atoms. The molecule has 4 aliphatic heterocycles. The third kappa shape index (κ3) is 5.68. The molecule has 0 radical (unpaired) electrons. The predicted octanol–water partition coefficient (Wildman–Crippen LogP) is 10.8. The number of nitrogens with one attached hydrogen (secondary N) is 2. The van der Waals surface area contributed by atoms with Crippen LogP contribution in [-0.4, -0.2) is 22.6 Å². The first-order valence-corrected chi connectivity index (χ1v) is 21.6. The maximum absolute atomic E-state index is 5.33. The summed E-state index contributed by atoms with van der Waals surface area (Å²) in [7, 11) is 0. The van der Waals surface area contributed by atoms with Gasteiger partial charge in [0.25, 0.3) is 6.21 Å². The standard InChI is InChI=1S/C55H38N5S/c1-3-16-35(17-4-1)46-34-47(60-54(59-46)36-18-5-2-6-19-36)39-21-14-25-43-53(39)52-38(37-32-48(44-26-11-12-30-56-44)58-49(33-37)45-27-15-31-57-45)20-13-24-42(52)55(43)40-22-7-9-28-50(40)61-51-29-10-8-23-41(51)55/h1-34,48,54,58,60H/q+1. The van der Waals surface area contributed by atoms with Crippen LogP contribution in [0.1, 0.15) is 62.4 Å². The zero-order valence-corrected chi connectivity index (χ0v) is 33.9. The molecule has 7 aromatic rings. The average molecular weight is 801 g/mol. The van der Waals surface area contributed by atoms with Crippen molar-refractivity contribution in [1.82, 2.24) is 20.3 Å². The van der Waals surface area contributed by atoms with E-state index < -0.39 is 5.41 Å². The van der Waals surface area contributed by atoms with Crippen molar-refractivity contribution in [2.24, 2.45) is 4.99 Å². The van der Waals surface area contributed by atoms with Gasteiger partial charge in [0.1, 0.15) is 11.9 Å². The van der Waals surface area contributed by atoms with E-state index >= 15 is 0 Å². The molecule has 2 unspecified atom stereocenters. The van der Waals surface area contributed by atoms with E-state index in [1.165, 1.54) is 43.2 Å². The first-order chi connectivity index (χ1) is 30.2. The normalized spacial score (nSPS) is 18.6. The van der Waals surface area contributed by atoms with Crippen molar-refractivity contribution >= 4 is 40.7 Å². The molecular weight excluding hydrogens is 763 g/mol. The zero-order chi connectivity index (χ0) is 40.3. The highest BCUT2D eigenvalue weighted by atomic mass is 32.2. The van der Waals surface area contributed by atoms with Gasteiger partial charge in [0, 0.05) is 39.4 Å². The fraction of sp³-hybridized carbons (Fsp3) is 0.0545. The minimum Gasteiger partial charge on any atom is -0.367 e. The molecule has 2 atom stereocenters. The number of rotatable bonds is 6. The molecule has 5 heterocycles. The van der Waals surface area contributed by atoms with Gasteiger partial charge in [-0.2, -0.15) is 0 Å². The molecular formula is C55H38N5S+. The van der Waals surface area contributed by atoms with Gasteiger partial charge in [-0.25, -0.2) is 0 Å². The van der Waals surface area contributed by atoms with E-state index in [0.29, 0.717) is 0 Å². The Hall–Kier alpha value is -7.50. The molecule has 12 rings (SSSR count). The Balaban J connectivity index is 1.16. The van der Waals surface area contributed by atoms with Crippen LogP contribution in [0.25, 0.3) is 22.4 Å². The number of allylic oxidation sites excluding steroid dienone is 5. The molecule has 0 bridgehead atoms. The van der Waals surface area contributed by atoms with E-state index in [4.69, 9.17) is 14.6 Å². The quantitative estimate of drug-likeness (QED) is 0.164.